The van der Waals surface area contributed by atoms with E-state index in [0.29, 0.717) is 21.9 Å². The van der Waals surface area contributed by atoms with Gasteiger partial charge in [0, 0.05) is 5.56 Å². The van der Waals surface area contributed by atoms with Gasteiger partial charge < -0.3 is 5.43 Å². The predicted octanol–water partition coefficient (Wildman–Crippen LogP) is 3.52. The third-order valence-electron chi connectivity index (χ3n) is 3.47. The highest BCUT2D eigenvalue weighted by Crippen LogP contribution is 2.21. The molecule has 19 heavy (non-hydrogen) atoms. The Morgan fingerprint density at radius 2 is 1.95 bits per heavy atom. The van der Waals surface area contributed by atoms with Gasteiger partial charge in [0.25, 0.3) is 0 Å². The van der Waals surface area contributed by atoms with Crippen molar-refractivity contribution in [3.63, 3.8) is 0 Å². The van der Waals surface area contributed by atoms with E-state index in [4.69, 9.17) is 5.84 Å². The molecule has 1 aromatic rings. The van der Waals surface area contributed by atoms with Gasteiger partial charge in [0.1, 0.15) is 11.7 Å². The smallest absolute Gasteiger partial charge is 0.142 e. The van der Waals surface area contributed by atoms with Crippen LogP contribution in [0.4, 0.5) is 4.39 Å². The molecule has 1 aliphatic rings. The van der Waals surface area contributed by atoms with Crippen LogP contribution >= 0.6 is 15.9 Å². The zero-order valence-electron chi connectivity index (χ0n) is 10.8. The van der Waals surface area contributed by atoms with E-state index in [9.17, 15) is 4.39 Å². The van der Waals surface area contributed by atoms with Crippen molar-refractivity contribution in [3.05, 3.63) is 34.1 Å². The first-order chi connectivity index (χ1) is 9.20. The molecule has 0 spiro atoms. The third-order valence-corrected chi connectivity index (χ3v) is 4.11. The molecule has 1 fully saturated rings. The summed E-state index contributed by atoms with van der Waals surface area (Å²) in [6, 6.07) is 5.22. The minimum atomic E-state index is -0.304. The van der Waals surface area contributed by atoms with Crippen LogP contribution in [-0.2, 0) is 0 Å². The molecule has 5 heteroatoms. The first-order valence-corrected chi connectivity index (χ1v) is 7.50. The van der Waals surface area contributed by atoms with Crippen LogP contribution in [0, 0.1) is 5.82 Å². The average molecular weight is 328 g/mol. The lowest BCUT2D eigenvalue weighted by Crippen LogP contribution is -2.32. The SMILES string of the molecule is NNC(=NC1CCCCCC1)c1ccc(Br)c(F)c1. The van der Waals surface area contributed by atoms with E-state index in [0.717, 1.165) is 12.8 Å². The molecule has 104 valence electrons. The van der Waals surface area contributed by atoms with Crippen molar-refractivity contribution in [1.82, 2.24) is 5.43 Å². The lowest BCUT2D eigenvalue weighted by atomic mass is 10.1. The topological polar surface area (TPSA) is 50.4 Å². The number of amidine groups is 1. The number of hydrogen-bond donors (Lipinski definition) is 2. The number of rotatable bonds is 2. The van der Waals surface area contributed by atoms with Crippen molar-refractivity contribution in [2.75, 3.05) is 0 Å². The molecule has 0 amide bonds. The molecule has 0 radical (unpaired) electrons. The first-order valence-electron chi connectivity index (χ1n) is 6.70. The highest BCUT2D eigenvalue weighted by molar-refractivity contribution is 9.10. The van der Waals surface area contributed by atoms with Gasteiger partial charge in [0.05, 0.1) is 10.5 Å². The van der Waals surface area contributed by atoms with Gasteiger partial charge in [-0.1, -0.05) is 25.7 Å². The third kappa shape index (κ3) is 4.01. The summed E-state index contributed by atoms with van der Waals surface area (Å²) >= 11 is 3.14. The summed E-state index contributed by atoms with van der Waals surface area (Å²) in [7, 11) is 0. The quantitative estimate of drug-likeness (QED) is 0.287. The molecular formula is C14H19BrFN3. The molecule has 2 rings (SSSR count). The molecule has 0 aliphatic heterocycles. The Kier molecular flexibility index (Phi) is 5.34. The molecule has 1 saturated carbocycles. The molecule has 3 nitrogen and oxygen atoms in total. The lowest BCUT2D eigenvalue weighted by Gasteiger charge is -2.13. The zero-order valence-corrected chi connectivity index (χ0v) is 12.4. The van der Waals surface area contributed by atoms with Crippen molar-refractivity contribution in [2.24, 2.45) is 10.8 Å². The van der Waals surface area contributed by atoms with Crippen LogP contribution in [0.1, 0.15) is 44.1 Å². The minimum absolute atomic E-state index is 0.292. The van der Waals surface area contributed by atoms with Gasteiger partial charge in [-0.2, -0.15) is 0 Å². The van der Waals surface area contributed by atoms with Crippen LogP contribution < -0.4 is 11.3 Å². The normalized spacial score (nSPS) is 18.2. The highest BCUT2D eigenvalue weighted by Gasteiger charge is 2.13. The predicted molar refractivity (Wildman–Crippen MR) is 79.5 cm³/mol. The molecule has 1 aliphatic carbocycles. The maximum atomic E-state index is 13.5. The van der Waals surface area contributed by atoms with Crippen LogP contribution in [0.25, 0.3) is 0 Å². The fourth-order valence-corrected chi connectivity index (χ4v) is 2.65. The number of hydrogen-bond acceptors (Lipinski definition) is 2. The molecule has 0 atom stereocenters. The van der Waals surface area contributed by atoms with Crippen molar-refractivity contribution >= 4 is 21.8 Å². The number of halogens is 2. The molecule has 0 unspecified atom stereocenters. The van der Waals surface area contributed by atoms with E-state index in [2.05, 4.69) is 26.3 Å². The number of nitrogens with one attached hydrogen (secondary N) is 1. The number of nitrogens with zero attached hydrogens (tertiary/aromatic N) is 1. The summed E-state index contributed by atoms with van der Waals surface area (Å²) in [4.78, 5) is 4.65. The Balaban J connectivity index is 2.19. The summed E-state index contributed by atoms with van der Waals surface area (Å²) < 4.78 is 14.0. The van der Waals surface area contributed by atoms with Gasteiger partial charge in [-0.3, -0.25) is 4.99 Å². The Hall–Kier alpha value is -0.940. The van der Waals surface area contributed by atoms with E-state index >= 15 is 0 Å². The number of benzene rings is 1. The van der Waals surface area contributed by atoms with E-state index in [1.54, 1.807) is 6.07 Å². The van der Waals surface area contributed by atoms with Gasteiger partial charge in [-0.05, 0) is 47.0 Å². The Bertz CT molecular complexity index is 454. The van der Waals surface area contributed by atoms with Gasteiger partial charge >= 0.3 is 0 Å². The van der Waals surface area contributed by atoms with Crippen molar-refractivity contribution < 1.29 is 4.39 Å². The van der Waals surface area contributed by atoms with E-state index in [1.165, 1.54) is 31.7 Å². The lowest BCUT2D eigenvalue weighted by molar-refractivity contribution is 0.583. The van der Waals surface area contributed by atoms with Crippen molar-refractivity contribution in [1.29, 1.82) is 0 Å². The van der Waals surface area contributed by atoms with Gasteiger partial charge in [0.2, 0.25) is 0 Å². The number of nitrogens with two attached hydrogens (primary N) is 1. The highest BCUT2D eigenvalue weighted by atomic mass is 79.9. The Morgan fingerprint density at radius 1 is 1.26 bits per heavy atom. The molecule has 0 aromatic heterocycles. The van der Waals surface area contributed by atoms with Crippen LogP contribution in [0.15, 0.2) is 27.7 Å². The van der Waals surface area contributed by atoms with Crippen LogP contribution in [0.2, 0.25) is 0 Å². The van der Waals surface area contributed by atoms with Crippen molar-refractivity contribution in [3.8, 4) is 0 Å². The van der Waals surface area contributed by atoms with E-state index < -0.39 is 0 Å². The fourth-order valence-electron chi connectivity index (χ4n) is 2.41. The first kappa shape index (κ1) is 14.5. The number of aliphatic imine (C=N–C) groups is 1. The summed E-state index contributed by atoms with van der Waals surface area (Å²) in [6.45, 7) is 0. The van der Waals surface area contributed by atoms with Crippen molar-refractivity contribution in [2.45, 2.75) is 44.6 Å². The largest absolute Gasteiger partial charge is 0.308 e. The van der Waals surface area contributed by atoms with Crippen LogP contribution in [0.3, 0.4) is 0 Å². The van der Waals surface area contributed by atoms with Gasteiger partial charge in [0.15, 0.2) is 0 Å². The van der Waals surface area contributed by atoms with Gasteiger partial charge in [-0.15, -0.1) is 0 Å². The van der Waals surface area contributed by atoms with E-state index in [1.807, 2.05) is 6.07 Å². The Morgan fingerprint density at radius 3 is 2.53 bits per heavy atom. The molecule has 0 heterocycles. The summed E-state index contributed by atoms with van der Waals surface area (Å²) in [5, 5.41) is 0. The number of hydrazine groups is 1. The van der Waals surface area contributed by atoms with Gasteiger partial charge in [-0.25, -0.2) is 10.2 Å². The van der Waals surface area contributed by atoms with Crippen LogP contribution in [0.5, 0.6) is 0 Å². The zero-order chi connectivity index (χ0) is 13.7. The summed E-state index contributed by atoms with van der Waals surface area (Å²) in [6.07, 6.45) is 7.16. The minimum Gasteiger partial charge on any atom is -0.308 e. The fraction of sp³-hybridized carbons (Fsp3) is 0.500. The molecule has 0 saturated heterocycles. The summed E-state index contributed by atoms with van der Waals surface area (Å²) in [5.74, 6) is 5.80. The van der Waals surface area contributed by atoms with E-state index in [-0.39, 0.29) is 5.82 Å². The maximum absolute atomic E-state index is 13.5. The second-order valence-corrected chi connectivity index (χ2v) is 5.75. The molecular weight excluding hydrogens is 309 g/mol. The second-order valence-electron chi connectivity index (χ2n) is 4.90. The monoisotopic (exact) mass is 327 g/mol. The summed E-state index contributed by atoms with van der Waals surface area (Å²) in [5.41, 5.74) is 3.29. The maximum Gasteiger partial charge on any atom is 0.142 e. The Labute approximate surface area is 121 Å². The average Bonchev–Trinajstić information content (AvgIpc) is 2.68. The molecule has 0 bridgehead atoms. The van der Waals surface area contributed by atoms with Crippen LogP contribution in [-0.4, -0.2) is 11.9 Å². The molecule has 3 N–H and O–H groups in total. The standard InChI is InChI=1S/C14H19BrFN3/c15-12-8-7-10(9-13(12)16)14(19-17)18-11-5-3-1-2-4-6-11/h7-9,11H,1-6,17H2,(H,18,19). The second kappa shape index (κ2) is 7.01. The molecule has 1 aromatic carbocycles.